The summed E-state index contributed by atoms with van der Waals surface area (Å²) in [7, 11) is 1.49. The molecule has 0 saturated carbocycles. The van der Waals surface area contributed by atoms with Crippen LogP contribution < -0.4 is 9.47 Å². The average molecular weight is 314 g/mol. The zero-order valence-corrected chi connectivity index (χ0v) is 11.8. The Hall–Kier alpha value is -1.98. The molecule has 2 aromatic rings. The largest absolute Gasteiger partial charge is 0.493 e. The zero-order valence-electron chi connectivity index (χ0n) is 10.3. The smallest absolute Gasteiger partial charge is 0.271 e. The second kappa shape index (κ2) is 5.98. The van der Waals surface area contributed by atoms with E-state index < -0.39 is 4.92 Å². The van der Waals surface area contributed by atoms with E-state index in [0.717, 1.165) is 0 Å². The van der Waals surface area contributed by atoms with Crippen molar-refractivity contribution in [1.29, 1.82) is 0 Å². The molecule has 0 radical (unpaired) electrons. The topological polar surface area (TPSA) is 61.6 Å². The summed E-state index contributed by atoms with van der Waals surface area (Å²) in [5, 5.41) is 11.2. The van der Waals surface area contributed by atoms with Crippen LogP contribution in [0.5, 0.6) is 17.2 Å². The summed E-state index contributed by atoms with van der Waals surface area (Å²) >= 11 is 11.8. The molecular weight excluding hydrogens is 305 g/mol. The molecular formula is C13H9Cl2NO4. The summed E-state index contributed by atoms with van der Waals surface area (Å²) in [6.07, 6.45) is 0. The SMILES string of the molecule is COc1ccc(Cl)cc1Oc1ccc([N+](=O)[O-])cc1Cl. The lowest BCUT2D eigenvalue weighted by atomic mass is 10.3. The van der Waals surface area contributed by atoms with Gasteiger partial charge in [-0.1, -0.05) is 23.2 Å². The second-order valence-corrected chi connectivity index (χ2v) is 4.61. The van der Waals surface area contributed by atoms with Crippen LogP contribution in [0.1, 0.15) is 0 Å². The zero-order chi connectivity index (χ0) is 14.7. The van der Waals surface area contributed by atoms with Gasteiger partial charge in [-0.05, 0) is 18.2 Å². The van der Waals surface area contributed by atoms with Crippen molar-refractivity contribution >= 4 is 28.9 Å². The van der Waals surface area contributed by atoms with Gasteiger partial charge in [0.1, 0.15) is 5.75 Å². The highest BCUT2D eigenvalue weighted by molar-refractivity contribution is 6.32. The van der Waals surface area contributed by atoms with E-state index in [4.69, 9.17) is 32.7 Å². The number of nitro benzene ring substituents is 1. The number of benzene rings is 2. The number of hydrogen-bond donors (Lipinski definition) is 0. The summed E-state index contributed by atoms with van der Waals surface area (Å²) in [5.41, 5.74) is -0.111. The third-order valence-electron chi connectivity index (χ3n) is 2.47. The molecule has 0 N–H and O–H groups in total. The summed E-state index contributed by atoms with van der Waals surface area (Å²) in [6, 6.07) is 8.81. The molecule has 0 saturated heterocycles. The van der Waals surface area contributed by atoms with Gasteiger partial charge < -0.3 is 9.47 Å². The number of nitro groups is 1. The average Bonchev–Trinajstić information content (AvgIpc) is 2.41. The molecule has 0 aliphatic carbocycles. The number of methoxy groups -OCH3 is 1. The fourth-order valence-electron chi connectivity index (χ4n) is 1.53. The number of rotatable bonds is 4. The standard InChI is InChI=1S/C13H9Cl2NO4/c1-19-12-4-2-8(14)6-13(12)20-11-5-3-9(16(17)18)7-10(11)15/h2-7H,1H3. The second-order valence-electron chi connectivity index (χ2n) is 3.77. The summed E-state index contributed by atoms with van der Waals surface area (Å²) in [6.45, 7) is 0. The third-order valence-corrected chi connectivity index (χ3v) is 3.00. The molecule has 0 aromatic heterocycles. The van der Waals surface area contributed by atoms with Crippen LogP contribution in [0, 0.1) is 10.1 Å². The van der Waals surface area contributed by atoms with Crippen LogP contribution in [-0.4, -0.2) is 12.0 Å². The van der Waals surface area contributed by atoms with Crippen LogP contribution in [0.15, 0.2) is 36.4 Å². The quantitative estimate of drug-likeness (QED) is 0.606. The Morgan fingerprint density at radius 1 is 1.05 bits per heavy atom. The first kappa shape index (κ1) is 14.4. The monoisotopic (exact) mass is 313 g/mol. The predicted octanol–water partition coefficient (Wildman–Crippen LogP) is 4.70. The Balaban J connectivity index is 2.35. The lowest BCUT2D eigenvalue weighted by Crippen LogP contribution is -1.92. The molecule has 0 fully saturated rings. The van der Waals surface area contributed by atoms with Crippen molar-refractivity contribution < 1.29 is 14.4 Å². The van der Waals surface area contributed by atoms with E-state index in [1.54, 1.807) is 18.2 Å². The van der Waals surface area contributed by atoms with Crippen LogP contribution >= 0.6 is 23.2 Å². The van der Waals surface area contributed by atoms with Crippen LogP contribution in [0.25, 0.3) is 0 Å². The van der Waals surface area contributed by atoms with Gasteiger partial charge in [0.05, 0.1) is 17.1 Å². The highest BCUT2D eigenvalue weighted by Gasteiger charge is 2.13. The van der Waals surface area contributed by atoms with Crippen molar-refractivity contribution in [2.45, 2.75) is 0 Å². The summed E-state index contributed by atoms with van der Waals surface area (Å²) in [4.78, 5) is 10.1. The molecule has 2 aromatic carbocycles. The molecule has 104 valence electrons. The van der Waals surface area contributed by atoms with Crippen LogP contribution in [0.3, 0.4) is 0 Å². The minimum Gasteiger partial charge on any atom is -0.493 e. The van der Waals surface area contributed by atoms with E-state index in [-0.39, 0.29) is 16.5 Å². The van der Waals surface area contributed by atoms with E-state index >= 15 is 0 Å². The predicted molar refractivity (Wildman–Crippen MR) is 76.2 cm³/mol. The van der Waals surface area contributed by atoms with E-state index in [1.165, 1.54) is 25.3 Å². The lowest BCUT2D eigenvalue weighted by molar-refractivity contribution is -0.384. The van der Waals surface area contributed by atoms with Crippen molar-refractivity contribution in [2.75, 3.05) is 7.11 Å². The van der Waals surface area contributed by atoms with Crippen molar-refractivity contribution in [3.8, 4) is 17.2 Å². The molecule has 0 bridgehead atoms. The molecule has 0 aliphatic rings. The lowest BCUT2D eigenvalue weighted by Gasteiger charge is -2.11. The molecule has 7 heteroatoms. The van der Waals surface area contributed by atoms with Gasteiger partial charge in [-0.15, -0.1) is 0 Å². The number of halogens is 2. The van der Waals surface area contributed by atoms with Crippen molar-refractivity contribution in [3.63, 3.8) is 0 Å². The maximum absolute atomic E-state index is 10.6. The molecule has 0 spiro atoms. The summed E-state index contributed by atoms with van der Waals surface area (Å²) in [5.74, 6) is 1.12. The van der Waals surface area contributed by atoms with E-state index in [9.17, 15) is 10.1 Å². The van der Waals surface area contributed by atoms with Gasteiger partial charge in [-0.25, -0.2) is 0 Å². The molecule has 2 rings (SSSR count). The van der Waals surface area contributed by atoms with Gasteiger partial charge >= 0.3 is 0 Å². The molecule has 0 amide bonds. The third kappa shape index (κ3) is 3.12. The van der Waals surface area contributed by atoms with E-state index in [0.29, 0.717) is 16.5 Å². The Labute approximate surface area is 124 Å². The number of ether oxygens (including phenoxy) is 2. The van der Waals surface area contributed by atoms with Gasteiger partial charge in [0.25, 0.3) is 5.69 Å². The molecule has 0 atom stereocenters. The molecule has 5 nitrogen and oxygen atoms in total. The first-order valence-electron chi connectivity index (χ1n) is 5.46. The number of nitrogens with zero attached hydrogens (tertiary/aromatic N) is 1. The van der Waals surface area contributed by atoms with Crippen LogP contribution in [-0.2, 0) is 0 Å². The first-order valence-corrected chi connectivity index (χ1v) is 6.22. The minimum absolute atomic E-state index is 0.111. The molecule has 20 heavy (non-hydrogen) atoms. The highest BCUT2D eigenvalue weighted by atomic mass is 35.5. The molecule has 0 aliphatic heterocycles. The Bertz CT molecular complexity index is 661. The Kier molecular flexibility index (Phi) is 4.32. The molecule has 0 unspecified atom stereocenters. The molecule has 0 heterocycles. The van der Waals surface area contributed by atoms with E-state index in [1.807, 2.05) is 0 Å². The van der Waals surface area contributed by atoms with Crippen LogP contribution in [0.2, 0.25) is 10.0 Å². The summed E-state index contributed by atoms with van der Waals surface area (Å²) < 4.78 is 10.7. The van der Waals surface area contributed by atoms with Crippen molar-refractivity contribution in [1.82, 2.24) is 0 Å². The maximum Gasteiger partial charge on any atom is 0.271 e. The van der Waals surface area contributed by atoms with Crippen LogP contribution in [0.4, 0.5) is 5.69 Å². The Morgan fingerprint density at radius 3 is 2.35 bits per heavy atom. The Morgan fingerprint density at radius 2 is 1.75 bits per heavy atom. The number of non-ortho nitro benzene ring substituents is 1. The van der Waals surface area contributed by atoms with Gasteiger partial charge in [0.2, 0.25) is 0 Å². The van der Waals surface area contributed by atoms with Crippen molar-refractivity contribution in [3.05, 3.63) is 56.6 Å². The highest BCUT2D eigenvalue weighted by Crippen LogP contribution is 2.37. The normalized spacial score (nSPS) is 10.2. The van der Waals surface area contributed by atoms with Gasteiger partial charge in [0.15, 0.2) is 11.5 Å². The van der Waals surface area contributed by atoms with E-state index in [2.05, 4.69) is 0 Å². The van der Waals surface area contributed by atoms with Gasteiger partial charge in [-0.2, -0.15) is 0 Å². The maximum atomic E-state index is 10.6. The van der Waals surface area contributed by atoms with Gasteiger partial charge in [-0.3, -0.25) is 10.1 Å². The fourth-order valence-corrected chi connectivity index (χ4v) is 1.91. The minimum atomic E-state index is -0.532. The first-order chi connectivity index (χ1) is 9.51. The van der Waals surface area contributed by atoms with Crippen molar-refractivity contribution in [2.24, 2.45) is 0 Å². The fraction of sp³-hybridized carbons (Fsp3) is 0.0769. The number of hydrogen-bond acceptors (Lipinski definition) is 4. The van der Waals surface area contributed by atoms with Gasteiger partial charge in [0, 0.05) is 23.2 Å².